The van der Waals surface area contributed by atoms with Crippen LogP contribution in [0.3, 0.4) is 0 Å². The summed E-state index contributed by atoms with van der Waals surface area (Å²) in [5.41, 5.74) is 8.12. The van der Waals surface area contributed by atoms with Crippen molar-refractivity contribution in [3.63, 3.8) is 0 Å². The third kappa shape index (κ3) is 3.83. The lowest BCUT2D eigenvalue weighted by Gasteiger charge is -2.12. The molecule has 0 radical (unpaired) electrons. The standard InChI is InChI=1S/C40H24N2O/c1-2-9-25(10-3-1)26-17-18-28-24-29(20-19-27(28)23-26)40-41-36-15-6-4-12-35(36)38(42-40)32-13-8-14-33-30(32)21-22-34-31-11-5-7-16-37(31)43-39(33)34/h1-24H. The molecular formula is C40H24N2O. The summed E-state index contributed by atoms with van der Waals surface area (Å²) < 4.78 is 6.38. The molecule has 0 aliphatic carbocycles. The molecule has 200 valence electrons. The number of hydrogen-bond donors (Lipinski definition) is 0. The van der Waals surface area contributed by atoms with Gasteiger partial charge in [0.25, 0.3) is 0 Å². The Balaban J connectivity index is 1.23. The average molecular weight is 549 g/mol. The predicted octanol–water partition coefficient (Wildman–Crippen LogP) is 10.8. The zero-order valence-corrected chi connectivity index (χ0v) is 23.2. The Morgan fingerprint density at radius 2 is 1.09 bits per heavy atom. The molecule has 3 nitrogen and oxygen atoms in total. The topological polar surface area (TPSA) is 38.9 Å². The number of para-hydroxylation sites is 2. The lowest BCUT2D eigenvalue weighted by Crippen LogP contribution is -1.96. The van der Waals surface area contributed by atoms with E-state index in [0.717, 1.165) is 65.8 Å². The summed E-state index contributed by atoms with van der Waals surface area (Å²) in [5, 5.41) is 7.82. The van der Waals surface area contributed by atoms with Crippen molar-refractivity contribution in [2.45, 2.75) is 0 Å². The fraction of sp³-hybridized carbons (Fsp3) is 0. The molecule has 0 saturated carbocycles. The summed E-state index contributed by atoms with van der Waals surface area (Å²) in [4.78, 5) is 10.3. The van der Waals surface area contributed by atoms with E-state index in [4.69, 9.17) is 14.4 Å². The molecule has 0 atom stereocenters. The van der Waals surface area contributed by atoms with Crippen LogP contribution in [0.1, 0.15) is 0 Å². The Hall–Kier alpha value is -5.80. The third-order valence-corrected chi connectivity index (χ3v) is 8.47. The summed E-state index contributed by atoms with van der Waals surface area (Å²) in [6.45, 7) is 0. The van der Waals surface area contributed by atoms with Crippen LogP contribution in [0.15, 0.2) is 150 Å². The van der Waals surface area contributed by atoms with E-state index in [2.05, 4.69) is 121 Å². The highest BCUT2D eigenvalue weighted by Crippen LogP contribution is 2.39. The second-order valence-corrected chi connectivity index (χ2v) is 11.0. The van der Waals surface area contributed by atoms with Crippen LogP contribution in [0.4, 0.5) is 0 Å². The van der Waals surface area contributed by atoms with Crippen molar-refractivity contribution < 1.29 is 4.42 Å². The molecule has 2 aromatic heterocycles. The lowest BCUT2D eigenvalue weighted by molar-refractivity contribution is 0.672. The van der Waals surface area contributed by atoms with Crippen LogP contribution in [0.2, 0.25) is 0 Å². The Morgan fingerprint density at radius 1 is 0.419 bits per heavy atom. The Labute approximate surface area is 247 Å². The van der Waals surface area contributed by atoms with Gasteiger partial charge in [-0.05, 0) is 57.6 Å². The Kier molecular flexibility index (Phi) is 5.20. The lowest BCUT2D eigenvalue weighted by atomic mass is 9.97. The maximum Gasteiger partial charge on any atom is 0.160 e. The van der Waals surface area contributed by atoms with Crippen molar-refractivity contribution >= 4 is 54.4 Å². The van der Waals surface area contributed by atoms with E-state index in [1.54, 1.807) is 0 Å². The predicted molar refractivity (Wildman–Crippen MR) is 178 cm³/mol. The van der Waals surface area contributed by atoms with Gasteiger partial charge in [-0.25, -0.2) is 9.97 Å². The second kappa shape index (κ2) is 9.37. The zero-order chi connectivity index (χ0) is 28.3. The number of hydrogen-bond acceptors (Lipinski definition) is 3. The second-order valence-electron chi connectivity index (χ2n) is 11.0. The Morgan fingerprint density at radius 3 is 1.98 bits per heavy atom. The molecule has 0 N–H and O–H groups in total. The molecule has 0 amide bonds. The molecule has 43 heavy (non-hydrogen) atoms. The number of nitrogens with zero attached hydrogens (tertiary/aromatic N) is 2. The SMILES string of the molecule is c1ccc(-c2ccc3cc(-c4nc(-c5cccc6c5ccc5c7ccccc7oc65)c5ccccc5n4)ccc3c2)cc1. The van der Waals surface area contributed by atoms with Crippen LogP contribution < -0.4 is 0 Å². The molecule has 0 spiro atoms. The minimum atomic E-state index is 0.713. The van der Waals surface area contributed by atoms with E-state index < -0.39 is 0 Å². The molecule has 0 aliphatic heterocycles. The molecule has 0 saturated heterocycles. The van der Waals surface area contributed by atoms with Gasteiger partial charge in [0.05, 0.1) is 11.2 Å². The molecule has 0 unspecified atom stereocenters. The maximum atomic E-state index is 6.38. The molecule has 9 aromatic rings. The van der Waals surface area contributed by atoms with Crippen molar-refractivity contribution in [1.82, 2.24) is 9.97 Å². The van der Waals surface area contributed by atoms with Crippen LogP contribution in [-0.2, 0) is 0 Å². The van der Waals surface area contributed by atoms with E-state index in [1.807, 2.05) is 24.3 Å². The van der Waals surface area contributed by atoms with Gasteiger partial charge in [-0.1, -0.05) is 115 Å². The van der Waals surface area contributed by atoms with Crippen LogP contribution in [0.5, 0.6) is 0 Å². The van der Waals surface area contributed by atoms with Gasteiger partial charge >= 0.3 is 0 Å². The van der Waals surface area contributed by atoms with E-state index >= 15 is 0 Å². The summed E-state index contributed by atoms with van der Waals surface area (Å²) in [5.74, 6) is 0.713. The molecule has 0 fully saturated rings. The molecule has 0 bridgehead atoms. The summed E-state index contributed by atoms with van der Waals surface area (Å²) >= 11 is 0. The number of rotatable bonds is 3. The van der Waals surface area contributed by atoms with Gasteiger partial charge in [0.2, 0.25) is 0 Å². The van der Waals surface area contributed by atoms with E-state index in [-0.39, 0.29) is 0 Å². The molecule has 3 heteroatoms. The van der Waals surface area contributed by atoms with Gasteiger partial charge in [0, 0.05) is 32.7 Å². The highest BCUT2D eigenvalue weighted by atomic mass is 16.3. The summed E-state index contributed by atoms with van der Waals surface area (Å²) in [7, 11) is 0. The molecule has 0 aliphatic rings. The van der Waals surface area contributed by atoms with Crippen molar-refractivity contribution in [2.24, 2.45) is 0 Å². The van der Waals surface area contributed by atoms with Gasteiger partial charge in [0.1, 0.15) is 11.2 Å². The molecule has 7 aromatic carbocycles. The first-order valence-electron chi connectivity index (χ1n) is 14.5. The highest BCUT2D eigenvalue weighted by Gasteiger charge is 2.17. The number of fused-ring (bicyclic) bond motifs is 7. The average Bonchev–Trinajstić information content (AvgIpc) is 3.47. The minimum absolute atomic E-state index is 0.713. The first-order chi connectivity index (χ1) is 21.3. The summed E-state index contributed by atoms with van der Waals surface area (Å²) in [6.07, 6.45) is 0. The number of aromatic nitrogens is 2. The van der Waals surface area contributed by atoms with Gasteiger partial charge in [0.15, 0.2) is 5.82 Å². The molecule has 2 heterocycles. The van der Waals surface area contributed by atoms with Crippen LogP contribution in [0, 0.1) is 0 Å². The third-order valence-electron chi connectivity index (χ3n) is 8.47. The van der Waals surface area contributed by atoms with E-state index in [0.29, 0.717) is 5.82 Å². The van der Waals surface area contributed by atoms with Gasteiger partial charge < -0.3 is 4.42 Å². The fourth-order valence-electron chi connectivity index (χ4n) is 6.35. The first-order valence-corrected chi connectivity index (χ1v) is 14.5. The number of benzene rings is 7. The normalized spacial score (nSPS) is 11.7. The quantitative estimate of drug-likeness (QED) is 0.220. The Bertz CT molecular complexity index is 2510. The van der Waals surface area contributed by atoms with Crippen molar-refractivity contribution in [1.29, 1.82) is 0 Å². The van der Waals surface area contributed by atoms with Gasteiger partial charge in [-0.3, -0.25) is 0 Å². The summed E-state index contributed by atoms with van der Waals surface area (Å²) in [6, 6.07) is 50.9. The van der Waals surface area contributed by atoms with E-state index in [9.17, 15) is 0 Å². The van der Waals surface area contributed by atoms with E-state index in [1.165, 1.54) is 16.5 Å². The van der Waals surface area contributed by atoms with Crippen molar-refractivity contribution in [2.75, 3.05) is 0 Å². The maximum absolute atomic E-state index is 6.38. The van der Waals surface area contributed by atoms with Crippen molar-refractivity contribution in [3.8, 4) is 33.8 Å². The van der Waals surface area contributed by atoms with Crippen LogP contribution in [-0.4, -0.2) is 9.97 Å². The van der Waals surface area contributed by atoms with Crippen molar-refractivity contribution in [3.05, 3.63) is 146 Å². The minimum Gasteiger partial charge on any atom is -0.455 e. The van der Waals surface area contributed by atoms with Crippen LogP contribution in [0.25, 0.3) is 88.2 Å². The van der Waals surface area contributed by atoms with Crippen LogP contribution >= 0.6 is 0 Å². The van der Waals surface area contributed by atoms with Gasteiger partial charge in [-0.2, -0.15) is 0 Å². The first kappa shape index (κ1) is 23.9. The largest absolute Gasteiger partial charge is 0.455 e. The highest BCUT2D eigenvalue weighted by molar-refractivity contribution is 6.18. The smallest absolute Gasteiger partial charge is 0.160 e. The fourth-order valence-corrected chi connectivity index (χ4v) is 6.35. The molecule has 9 rings (SSSR count). The number of furan rings is 1. The van der Waals surface area contributed by atoms with Gasteiger partial charge in [-0.15, -0.1) is 0 Å². The monoisotopic (exact) mass is 548 g/mol. The molecular weight excluding hydrogens is 524 g/mol. The zero-order valence-electron chi connectivity index (χ0n) is 23.2.